The Labute approximate surface area is 147 Å². The van der Waals surface area contributed by atoms with E-state index in [4.69, 9.17) is 0 Å². The molecule has 1 N–H and O–H groups in total. The highest BCUT2D eigenvalue weighted by Crippen LogP contribution is 2.24. The Balaban J connectivity index is 2.24. The van der Waals surface area contributed by atoms with Crippen molar-refractivity contribution in [2.24, 2.45) is 0 Å². The zero-order chi connectivity index (χ0) is 19.5. The first-order valence-corrected chi connectivity index (χ1v) is 8.84. The second-order valence-corrected chi connectivity index (χ2v) is 7.13. The summed E-state index contributed by atoms with van der Waals surface area (Å²) in [5.41, 5.74) is -4.75. The summed E-state index contributed by atoms with van der Waals surface area (Å²) >= 11 is 0. The number of ketones is 1. The minimum absolute atomic E-state index is 0.210. The fourth-order valence-corrected chi connectivity index (χ4v) is 2.69. The molecule has 26 heavy (non-hydrogen) atoms. The normalized spacial score (nSPS) is 13.1. The van der Waals surface area contributed by atoms with Gasteiger partial charge in [-0.25, -0.2) is 4.72 Å². The van der Waals surface area contributed by atoms with Gasteiger partial charge in [0.25, 0.3) is 0 Å². The van der Waals surface area contributed by atoms with Crippen LogP contribution in [-0.2, 0) is 14.8 Å². The summed E-state index contributed by atoms with van der Waals surface area (Å²) in [7, 11) is -5.79. The van der Waals surface area contributed by atoms with Gasteiger partial charge in [0.1, 0.15) is 0 Å². The van der Waals surface area contributed by atoms with Crippen molar-refractivity contribution >= 4 is 21.7 Å². The molecule has 138 valence electrons. The lowest BCUT2D eigenvalue weighted by molar-refractivity contribution is -0.121. The van der Waals surface area contributed by atoms with Crippen molar-refractivity contribution in [2.45, 2.75) is 18.3 Å². The van der Waals surface area contributed by atoms with Crippen LogP contribution >= 0.6 is 0 Å². The third-order valence-corrected chi connectivity index (χ3v) is 4.70. The van der Waals surface area contributed by atoms with Gasteiger partial charge in [0.15, 0.2) is 5.78 Å². The van der Waals surface area contributed by atoms with Crippen molar-refractivity contribution in [3.05, 3.63) is 71.3 Å². The first kappa shape index (κ1) is 19.6. The first-order chi connectivity index (χ1) is 12.0. The quantitative estimate of drug-likeness (QED) is 0.803. The van der Waals surface area contributed by atoms with Crippen LogP contribution < -0.4 is 4.72 Å². The van der Waals surface area contributed by atoms with Gasteiger partial charge in [-0.2, -0.15) is 21.6 Å². The van der Waals surface area contributed by atoms with E-state index in [9.17, 15) is 31.2 Å². The van der Waals surface area contributed by atoms with Gasteiger partial charge in [-0.15, -0.1) is 0 Å². The molecule has 0 unspecified atom stereocenters. The Morgan fingerprint density at radius 1 is 0.962 bits per heavy atom. The van der Waals surface area contributed by atoms with Gasteiger partial charge in [-0.3, -0.25) is 9.59 Å². The summed E-state index contributed by atoms with van der Waals surface area (Å²) < 4.78 is 60.2. The van der Waals surface area contributed by atoms with Crippen LogP contribution in [-0.4, -0.2) is 25.6 Å². The van der Waals surface area contributed by atoms with Crippen molar-refractivity contribution < 1.29 is 31.2 Å². The largest absolute Gasteiger partial charge is 0.516 e. The third kappa shape index (κ3) is 4.29. The lowest BCUT2D eigenvalue weighted by Crippen LogP contribution is -2.41. The van der Waals surface area contributed by atoms with Crippen LogP contribution in [0.4, 0.5) is 13.2 Å². The molecule has 2 aromatic carbocycles. The van der Waals surface area contributed by atoms with Crippen LogP contribution in [0.2, 0.25) is 0 Å². The average Bonchev–Trinajstić information content (AvgIpc) is 2.60. The number of amides is 1. The van der Waals surface area contributed by atoms with Crippen LogP contribution in [0.15, 0.2) is 54.6 Å². The summed E-state index contributed by atoms with van der Waals surface area (Å²) in [5, 5.41) is 0. The second-order valence-electron chi connectivity index (χ2n) is 5.46. The van der Waals surface area contributed by atoms with E-state index in [1.807, 2.05) is 0 Å². The van der Waals surface area contributed by atoms with Crippen molar-refractivity contribution in [3.8, 4) is 0 Å². The minimum Gasteiger partial charge on any atom is -0.289 e. The highest BCUT2D eigenvalue weighted by molar-refractivity contribution is 7.90. The number of hydrogen-bond acceptors (Lipinski definition) is 4. The summed E-state index contributed by atoms with van der Waals surface area (Å²) in [6.45, 7) is 1.24. The number of carbonyl (C=O) groups is 2. The van der Waals surface area contributed by atoms with E-state index in [1.54, 1.807) is 30.3 Å². The van der Waals surface area contributed by atoms with E-state index in [2.05, 4.69) is 0 Å². The van der Waals surface area contributed by atoms with Crippen molar-refractivity contribution in [2.75, 3.05) is 0 Å². The summed E-state index contributed by atoms with van der Waals surface area (Å²) in [5.74, 6) is -2.88. The van der Waals surface area contributed by atoms with Crippen LogP contribution in [0, 0.1) is 0 Å². The number of rotatable bonds is 5. The molecule has 1 amide bonds. The predicted molar refractivity (Wildman–Crippen MR) is 87.8 cm³/mol. The molecule has 0 spiro atoms. The number of carbonyl (C=O) groups excluding carboxylic acids is 2. The Morgan fingerprint density at radius 3 is 2.12 bits per heavy atom. The summed E-state index contributed by atoms with van der Waals surface area (Å²) in [6, 6.07) is 14.0. The lowest BCUT2D eigenvalue weighted by atomic mass is 9.95. The molecule has 1 atom stereocenters. The Hall–Kier alpha value is -2.68. The van der Waals surface area contributed by atoms with Gasteiger partial charge in [0.2, 0.25) is 5.91 Å². The molecule has 2 aromatic rings. The smallest absolute Gasteiger partial charge is 0.289 e. The first-order valence-electron chi connectivity index (χ1n) is 7.35. The molecule has 0 fully saturated rings. The molecule has 0 saturated heterocycles. The van der Waals surface area contributed by atoms with Crippen molar-refractivity contribution in [3.63, 3.8) is 0 Å². The molecule has 2 rings (SSSR count). The molecule has 0 radical (unpaired) electrons. The van der Waals surface area contributed by atoms with Crippen molar-refractivity contribution in [1.82, 2.24) is 4.72 Å². The second kappa shape index (κ2) is 7.28. The fourth-order valence-electron chi connectivity index (χ4n) is 2.14. The topological polar surface area (TPSA) is 80.3 Å². The number of sulfonamides is 1. The maximum absolute atomic E-state index is 12.4. The number of nitrogens with one attached hydrogen (secondary N) is 1. The average molecular weight is 385 g/mol. The zero-order valence-corrected chi connectivity index (χ0v) is 14.3. The van der Waals surface area contributed by atoms with Gasteiger partial charge in [-0.05, 0) is 18.6 Å². The Morgan fingerprint density at radius 2 is 1.54 bits per heavy atom. The fraction of sp³-hybridized carbons (Fsp3) is 0.176. The highest BCUT2D eigenvalue weighted by atomic mass is 32.2. The standard InChI is InChI=1S/C17H14F3NO4S/c1-11(16(23)21-26(24,25)17(18,19)20)13-8-5-9-14(10-13)15(22)12-6-3-2-4-7-12/h2-11H,1H3,(H,21,23)/t11-/m1/s1. The predicted octanol–water partition coefficient (Wildman–Crippen LogP) is 2.99. The molecule has 0 saturated carbocycles. The van der Waals surface area contributed by atoms with Crippen molar-refractivity contribution in [1.29, 1.82) is 0 Å². The van der Waals surface area contributed by atoms with Gasteiger partial charge >= 0.3 is 15.5 Å². The van der Waals surface area contributed by atoms with Crippen LogP contribution in [0.3, 0.4) is 0 Å². The molecule has 0 aliphatic carbocycles. The van der Waals surface area contributed by atoms with Crippen LogP contribution in [0.1, 0.15) is 34.3 Å². The molecule has 0 aliphatic rings. The summed E-state index contributed by atoms with van der Waals surface area (Å²) in [4.78, 5) is 24.3. The summed E-state index contributed by atoms with van der Waals surface area (Å²) in [6.07, 6.45) is 0. The molecular formula is C17H14F3NO4S. The van der Waals surface area contributed by atoms with Gasteiger partial charge in [0.05, 0.1) is 5.92 Å². The Kier molecular flexibility index (Phi) is 5.50. The molecule has 0 heterocycles. The molecule has 0 bridgehead atoms. The maximum Gasteiger partial charge on any atom is 0.516 e. The maximum atomic E-state index is 12.4. The monoisotopic (exact) mass is 385 g/mol. The minimum atomic E-state index is -5.79. The lowest BCUT2D eigenvalue weighted by Gasteiger charge is -2.15. The van der Waals surface area contributed by atoms with E-state index >= 15 is 0 Å². The van der Waals surface area contributed by atoms with Crippen LogP contribution in [0.25, 0.3) is 0 Å². The molecular weight excluding hydrogens is 371 g/mol. The highest BCUT2D eigenvalue weighted by Gasteiger charge is 2.47. The molecule has 0 aromatic heterocycles. The molecule has 0 aliphatic heterocycles. The zero-order valence-electron chi connectivity index (χ0n) is 13.4. The van der Waals surface area contributed by atoms with E-state index in [-0.39, 0.29) is 16.9 Å². The third-order valence-electron chi connectivity index (χ3n) is 3.62. The molecule has 5 nitrogen and oxygen atoms in total. The van der Waals surface area contributed by atoms with E-state index in [0.29, 0.717) is 5.56 Å². The van der Waals surface area contributed by atoms with Gasteiger partial charge < -0.3 is 0 Å². The van der Waals surface area contributed by atoms with Gasteiger partial charge in [-0.1, -0.05) is 48.5 Å². The SMILES string of the molecule is C[C@@H](C(=O)NS(=O)(=O)C(F)(F)F)c1cccc(C(=O)c2ccccc2)c1. The Bertz CT molecular complexity index is 925. The number of benzene rings is 2. The van der Waals surface area contributed by atoms with E-state index in [1.165, 1.54) is 31.2 Å². The van der Waals surface area contributed by atoms with Gasteiger partial charge in [0, 0.05) is 11.1 Å². The van der Waals surface area contributed by atoms with Crippen LogP contribution in [0.5, 0.6) is 0 Å². The molecule has 9 heteroatoms. The number of hydrogen-bond donors (Lipinski definition) is 1. The van der Waals surface area contributed by atoms with E-state index < -0.39 is 27.4 Å². The number of halogens is 3. The number of alkyl halides is 3. The van der Waals surface area contributed by atoms with E-state index in [0.717, 1.165) is 4.72 Å².